The van der Waals surface area contributed by atoms with Crippen LogP contribution in [0.4, 0.5) is 13.2 Å². The van der Waals surface area contributed by atoms with Gasteiger partial charge in [-0.2, -0.15) is 0 Å². The lowest BCUT2D eigenvalue weighted by Crippen LogP contribution is -2.39. The lowest BCUT2D eigenvalue weighted by molar-refractivity contribution is -0.122. The van der Waals surface area contributed by atoms with Gasteiger partial charge in [-0.3, -0.25) is 9.59 Å². The second-order valence-corrected chi connectivity index (χ2v) is 5.61. The van der Waals surface area contributed by atoms with Gasteiger partial charge >= 0.3 is 0 Å². The van der Waals surface area contributed by atoms with E-state index in [1.54, 1.807) is 0 Å². The molecule has 0 aliphatic rings. The van der Waals surface area contributed by atoms with E-state index in [4.69, 9.17) is 0 Å². The van der Waals surface area contributed by atoms with Crippen LogP contribution in [0.2, 0.25) is 0 Å². The Morgan fingerprint density at radius 3 is 2.46 bits per heavy atom. The van der Waals surface area contributed by atoms with Gasteiger partial charge in [-0.05, 0) is 42.0 Å². The maximum Gasteiger partial charge on any atom is 0.268 e. The number of nitrogens with one attached hydrogen (secondary N) is 3. The van der Waals surface area contributed by atoms with Crippen molar-refractivity contribution in [2.24, 2.45) is 0 Å². The molecule has 2 aromatic carbocycles. The Morgan fingerprint density at radius 2 is 1.77 bits per heavy atom. The van der Waals surface area contributed by atoms with E-state index >= 15 is 0 Å². The zero-order valence-corrected chi connectivity index (χ0v) is 13.6. The average Bonchev–Trinajstić information content (AvgIpc) is 3.04. The summed E-state index contributed by atoms with van der Waals surface area (Å²) in [5.74, 6) is -3.90. The molecule has 3 N–H and O–H groups in total. The van der Waals surface area contributed by atoms with E-state index in [0.29, 0.717) is 10.9 Å². The molecule has 0 saturated heterocycles. The van der Waals surface area contributed by atoms with Crippen molar-refractivity contribution in [2.75, 3.05) is 7.05 Å². The zero-order valence-electron chi connectivity index (χ0n) is 13.6. The summed E-state index contributed by atoms with van der Waals surface area (Å²) >= 11 is 0. The Balaban J connectivity index is 1.91. The summed E-state index contributed by atoms with van der Waals surface area (Å²) in [5.41, 5.74) is 0.724. The van der Waals surface area contributed by atoms with Crippen molar-refractivity contribution in [3.63, 3.8) is 0 Å². The highest BCUT2D eigenvalue weighted by atomic mass is 19.2. The fourth-order valence-electron chi connectivity index (χ4n) is 2.57. The normalized spacial score (nSPS) is 12.0. The van der Waals surface area contributed by atoms with Crippen molar-refractivity contribution < 1.29 is 22.8 Å². The number of hydrogen-bond acceptors (Lipinski definition) is 2. The molecule has 1 atom stereocenters. The summed E-state index contributed by atoms with van der Waals surface area (Å²) in [6.07, 6.45) is 0. The van der Waals surface area contributed by atoms with Crippen LogP contribution in [0.3, 0.4) is 0 Å². The first-order valence-electron chi connectivity index (χ1n) is 7.64. The average molecular weight is 361 g/mol. The highest BCUT2D eigenvalue weighted by Crippen LogP contribution is 2.20. The fraction of sp³-hybridized carbons (Fsp3) is 0.111. The van der Waals surface area contributed by atoms with Gasteiger partial charge in [-0.1, -0.05) is 6.07 Å². The summed E-state index contributed by atoms with van der Waals surface area (Å²) in [4.78, 5) is 27.4. The van der Waals surface area contributed by atoms with Crippen LogP contribution < -0.4 is 10.6 Å². The Bertz CT molecular complexity index is 1000. The van der Waals surface area contributed by atoms with Crippen LogP contribution in [-0.4, -0.2) is 23.8 Å². The molecular formula is C18H14F3N3O2. The molecule has 3 aromatic rings. The number of benzene rings is 2. The van der Waals surface area contributed by atoms with Crippen molar-refractivity contribution in [3.05, 3.63) is 71.2 Å². The Morgan fingerprint density at radius 1 is 1.00 bits per heavy atom. The predicted octanol–water partition coefficient (Wildman–Crippen LogP) is 2.80. The first kappa shape index (κ1) is 17.5. The number of amides is 2. The molecule has 1 unspecified atom stereocenters. The second-order valence-electron chi connectivity index (χ2n) is 5.61. The van der Waals surface area contributed by atoms with Gasteiger partial charge in [0.1, 0.15) is 17.6 Å². The van der Waals surface area contributed by atoms with Crippen molar-refractivity contribution in [2.45, 2.75) is 6.04 Å². The number of aromatic nitrogens is 1. The van der Waals surface area contributed by atoms with Crippen LogP contribution in [0.25, 0.3) is 10.9 Å². The minimum Gasteiger partial charge on any atom is -0.357 e. The van der Waals surface area contributed by atoms with E-state index in [9.17, 15) is 22.8 Å². The van der Waals surface area contributed by atoms with Crippen molar-refractivity contribution in [1.29, 1.82) is 0 Å². The third kappa shape index (κ3) is 3.39. The minimum atomic E-state index is -1.23. The largest absolute Gasteiger partial charge is 0.357 e. The predicted molar refractivity (Wildman–Crippen MR) is 88.9 cm³/mol. The van der Waals surface area contributed by atoms with Gasteiger partial charge in [0.05, 0.1) is 0 Å². The van der Waals surface area contributed by atoms with Gasteiger partial charge in [0.15, 0.2) is 11.6 Å². The quantitative estimate of drug-likeness (QED) is 0.669. The van der Waals surface area contributed by atoms with Crippen LogP contribution in [0.15, 0.2) is 42.5 Å². The molecule has 0 radical (unpaired) electrons. The molecule has 134 valence electrons. The molecule has 0 spiro atoms. The van der Waals surface area contributed by atoms with Gasteiger partial charge < -0.3 is 15.6 Å². The van der Waals surface area contributed by atoms with Crippen molar-refractivity contribution >= 4 is 22.7 Å². The van der Waals surface area contributed by atoms with Gasteiger partial charge in [-0.25, -0.2) is 13.2 Å². The molecule has 2 amide bonds. The van der Waals surface area contributed by atoms with Crippen LogP contribution in [0, 0.1) is 17.5 Å². The number of halogens is 3. The maximum atomic E-state index is 13.5. The third-order valence-corrected chi connectivity index (χ3v) is 3.89. The van der Waals surface area contributed by atoms with Crippen LogP contribution >= 0.6 is 0 Å². The van der Waals surface area contributed by atoms with E-state index < -0.39 is 35.3 Å². The van der Waals surface area contributed by atoms with Gasteiger partial charge in [-0.15, -0.1) is 0 Å². The minimum absolute atomic E-state index is 0.0822. The number of H-pyrrole nitrogens is 1. The summed E-state index contributed by atoms with van der Waals surface area (Å²) < 4.78 is 39.9. The Labute approximate surface area is 146 Å². The molecule has 8 heteroatoms. The number of carbonyl (C=O) groups excluding carboxylic acids is 2. The molecule has 1 aromatic heterocycles. The third-order valence-electron chi connectivity index (χ3n) is 3.89. The zero-order chi connectivity index (χ0) is 18.8. The first-order valence-corrected chi connectivity index (χ1v) is 7.64. The van der Waals surface area contributed by atoms with E-state index in [1.807, 2.05) is 0 Å². The van der Waals surface area contributed by atoms with Gasteiger partial charge in [0.25, 0.3) is 5.91 Å². The number of hydrogen-bond donors (Lipinski definition) is 3. The Kier molecular flexibility index (Phi) is 4.66. The van der Waals surface area contributed by atoms with Crippen molar-refractivity contribution in [3.8, 4) is 0 Å². The van der Waals surface area contributed by atoms with Crippen LogP contribution in [0.1, 0.15) is 22.1 Å². The highest BCUT2D eigenvalue weighted by Gasteiger charge is 2.24. The molecular weight excluding hydrogens is 347 g/mol. The fourth-order valence-corrected chi connectivity index (χ4v) is 2.57. The Hall–Kier alpha value is -3.29. The summed E-state index contributed by atoms with van der Waals surface area (Å²) in [6, 6.07) is 7.11. The maximum absolute atomic E-state index is 13.5. The highest BCUT2D eigenvalue weighted by molar-refractivity contribution is 6.00. The van der Waals surface area contributed by atoms with Gasteiger partial charge in [0.2, 0.25) is 5.91 Å². The topological polar surface area (TPSA) is 74.0 Å². The van der Waals surface area contributed by atoms with E-state index in [0.717, 1.165) is 12.1 Å². The lowest BCUT2D eigenvalue weighted by Gasteiger charge is -2.17. The summed E-state index contributed by atoms with van der Waals surface area (Å²) in [7, 11) is 1.35. The van der Waals surface area contributed by atoms with E-state index in [-0.39, 0.29) is 11.3 Å². The molecule has 0 aliphatic heterocycles. The van der Waals surface area contributed by atoms with Crippen LogP contribution in [-0.2, 0) is 4.79 Å². The molecule has 26 heavy (non-hydrogen) atoms. The lowest BCUT2D eigenvalue weighted by atomic mass is 10.1. The number of fused-ring (bicyclic) bond motifs is 1. The molecule has 0 fully saturated rings. The molecule has 0 bridgehead atoms. The summed E-state index contributed by atoms with van der Waals surface area (Å²) in [6.45, 7) is 0. The van der Waals surface area contributed by atoms with E-state index in [1.165, 1.54) is 37.4 Å². The molecule has 5 nitrogen and oxygen atoms in total. The SMILES string of the molecule is CNC(=O)C(NC(=O)c1cc2cc(F)ccc2[nH]1)c1ccc(F)c(F)c1. The summed E-state index contributed by atoms with van der Waals surface area (Å²) in [5, 5.41) is 5.30. The molecule has 3 rings (SSSR count). The van der Waals surface area contributed by atoms with E-state index in [2.05, 4.69) is 15.6 Å². The standard InChI is InChI=1S/C18H14F3N3O2/c1-22-18(26)16(9-2-4-12(20)13(21)7-9)24-17(25)15-8-10-6-11(19)3-5-14(10)23-15/h2-8,16,23H,1H3,(H,22,26)(H,24,25). The monoisotopic (exact) mass is 361 g/mol. The number of aromatic amines is 1. The van der Waals surface area contributed by atoms with Crippen LogP contribution in [0.5, 0.6) is 0 Å². The molecule has 0 aliphatic carbocycles. The molecule has 0 saturated carbocycles. The first-order chi connectivity index (χ1) is 12.4. The van der Waals surface area contributed by atoms with Gasteiger partial charge in [0, 0.05) is 18.0 Å². The number of rotatable bonds is 4. The number of carbonyl (C=O) groups is 2. The second kappa shape index (κ2) is 6.91. The molecule has 1 heterocycles. The number of likely N-dealkylation sites (N-methyl/N-ethyl adjacent to an activating group) is 1. The smallest absolute Gasteiger partial charge is 0.268 e. The van der Waals surface area contributed by atoms with Crippen molar-refractivity contribution in [1.82, 2.24) is 15.6 Å².